The zero-order valence-electron chi connectivity index (χ0n) is 25.9. The molecule has 0 radical (unpaired) electrons. The standard InChI is InChI=1S/C39H50/c1-23(2)13-14-31-18-35-19-33-20-36(21-34(33)22-38(35)30(31)9)39-25(4)11-10-12-32(39)15-24(3)16-37-28(7)26(5)17-27(6)29(37)8/h10,12,17,19,21-24,30-31H,4,11,13-16,18,20H2,1-3,5-9H3. The number of rotatable bonds is 8. The third-order valence-corrected chi connectivity index (χ3v) is 10.2. The van der Waals surface area contributed by atoms with E-state index in [1.807, 2.05) is 0 Å². The normalized spacial score (nSPS) is 21.1. The van der Waals surface area contributed by atoms with Crippen molar-refractivity contribution in [3.8, 4) is 0 Å². The minimum absolute atomic E-state index is 0.584. The molecule has 0 aliphatic heterocycles. The van der Waals surface area contributed by atoms with Crippen LogP contribution in [0.2, 0.25) is 0 Å². The van der Waals surface area contributed by atoms with E-state index in [1.54, 1.807) is 16.7 Å². The lowest BCUT2D eigenvalue weighted by atomic mass is 9.81. The molecule has 5 rings (SSSR count). The van der Waals surface area contributed by atoms with Crippen LogP contribution in [-0.2, 0) is 19.3 Å². The van der Waals surface area contributed by atoms with Gasteiger partial charge in [-0.25, -0.2) is 0 Å². The van der Waals surface area contributed by atoms with Gasteiger partial charge in [-0.1, -0.05) is 77.1 Å². The van der Waals surface area contributed by atoms with Gasteiger partial charge in [0.1, 0.15) is 0 Å². The summed E-state index contributed by atoms with van der Waals surface area (Å²) in [6, 6.07) is 7.46. The molecule has 3 unspecified atom stereocenters. The highest BCUT2D eigenvalue weighted by Crippen LogP contribution is 2.45. The Labute approximate surface area is 239 Å². The van der Waals surface area contributed by atoms with Gasteiger partial charge in [-0.05, 0) is 162 Å². The molecule has 0 nitrogen and oxygen atoms in total. The Hall–Kier alpha value is -2.60. The van der Waals surface area contributed by atoms with E-state index in [2.05, 4.69) is 98.4 Å². The molecule has 0 amide bonds. The molecule has 0 saturated heterocycles. The second-order valence-corrected chi connectivity index (χ2v) is 13.7. The average Bonchev–Trinajstić information content (AvgIpc) is 3.42. The molecule has 206 valence electrons. The van der Waals surface area contributed by atoms with Gasteiger partial charge in [0.2, 0.25) is 0 Å². The van der Waals surface area contributed by atoms with Crippen LogP contribution in [0.5, 0.6) is 0 Å². The van der Waals surface area contributed by atoms with Crippen LogP contribution in [0.15, 0.2) is 59.2 Å². The number of aryl methyl sites for hydroxylation is 2. The lowest BCUT2D eigenvalue weighted by molar-refractivity contribution is 0.397. The zero-order valence-corrected chi connectivity index (χ0v) is 25.9. The predicted molar refractivity (Wildman–Crippen MR) is 171 cm³/mol. The monoisotopic (exact) mass is 518 g/mol. The van der Waals surface area contributed by atoms with Crippen LogP contribution in [0.25, 0.3) is 6.08 Å². The maximum atomic E-state index is 4.57. The molecule has 3 aliphatic carbocycles. The lowest BCUT2D eigenvalue weighted by Crippen LogP contribution is -2.09. The van der Waals surface area contributed by atoms with Gasteiger partial charge in [0.05, 0.1) is 0 Å². The summed E-state index contributed by atoms with van der Waals surface area (Å²) in [5, 5.41) is 0. The van der Waals surface area contributed by atoms with Crippen LogP contribution in [0.4, 0.5) is 0 Å². The predicted octanol–water partition coefficient (Wildman–Crippen LogP) is 10.7. The summed E-state index contributed by atoms with van der Waals surface area (Å²) >= 11 is 0. The van der Waals surface area contributed by atoms with Crippen LogP contribution < -0.4 is 0 Å². The molecule has 0 saturated carbocycles. The molecule has 2 aromatic carbocycles. The van der Waals surface area contributed by atoms with Gasteiger partial charge in [-0.3, -0.25) is 0 Å². The van der Waals surface area contributed by atoms with E-state index in [1.165, 1.54) is 74.9 Å². The maximum absolute atomic E-state index is 4.57. The van der Waals surface area contributed by atoms with E-state index in [4.69, 9.17) is 0 Å². The minimum Gasteiger partial charge on any atom is -0.0949 e. The minimum atomic E-state index is 0.584. The zero-order chi connectivity index (χ0) is 28.0. The number of hydrogen-bond donors (Lipinski definition) is 0. The smallest absolute Gasteiger partial charge is 0.00134 e. The summed E-state index contributed by atoms with van der Waals surface area (Å²) in [5.74, 6) is 2.88. The van der Waals surface area contributed by atoms with Crippen molar-refractivity contribution in [1.29, 1.82) is 0 Å². The maximum Gasteiger partial charge on any atom is -0.00134 e. The quantitative estimate of drug-likeness (QED) is 0.326. The first-order valence-electron chi connectivity index (χ1n) is 15.5. The highest BCUT2D eigenvalue weighted by Gasteiger charge is 2.31. The van der Waals surface area contributed by atoms with Gasteiger partial charge in [-0.15, -0.1) is 0 Å². The first-order valence-corrected chi connectivity index (χ1v) is 15.5. The molecule has 3 aliphatic rings. The van der Waals surface area contributed by atoms with E-state index in [0.717, 1.165) is 37.5 Å². The number of fused-ring (bicyclic) bond motifs is 2. The summed E-state index contributed by atoms with van der Waals surface area (Å²) in [7, 11) is 0. The van der Waals surface area contributed by atoms with Crippen LogP contribution in [0.3, 0.4) is 0 Å². The van der Waals surface area contributed by atoms with Gasteiger partial charge in [0.25, 0.3) is 0 Å². The Kier molecular flexibility index (Phi) is 7.96. The second-order valence-electron chi connectivity index (χ2n) is 13.7. The summed E-state index contributed by atoms with van der Waals surface area (Å²) in [6.07, 6.45) is 15.5. The third-order valence-electron chi connectivity index (χ3n) is 10.2. The Balaban J connectivity index is 1.39. The van der Waals surface area contributed by atoms with Crippen LogP contribution in [-0.4, -0.2) is 0 Å². The van der Waals surface area contributed by atoms with Crippen molar-refractivity contribution in [3.05, 3.63) is 109 Å². The van der Waals surface area contributed by atoms with E-state index >= 15 is 0 Å². The van der Waals surface area contributed by atoms with Crippen LogP contribution in [0, 0.1) is 45.4 Å². The molecular weight excluding hydrogens is 468 g/mol. The molecule has 39 heavy (non-hydrogen) atoms. The third kappa shape index (κ3) is 5.54. The molecule has 0 spiro atoms. The van der Waals surface area contributed by atoms with Crippen molar-refractivity contribution >= 4 is 6.08 Å². The molecule has 0 aromatic heterocycles. The number of allylic oxidation sites excluding steroid dienone is 6. The van der Waals surface area contributed by atoms with E-state index < -0.39 is 0 Å². The summed E-state index contributed by atoms with van der Waals surface area (Å²) in [4.78, 5) is 0. The van der Waals surface area contributed by atoms with Gasteiger partial charge in [0.15, 0.2) is 0 Å². The Morgan fingerprint density at radius 2 is 1.64 bits per heavy atom. The van der Waals surface area contributed by atoms with Crippen molar-refractivity contribution in [2.24, 2.45) is 17.8 Å². The molecule has 0 heteroatoms. The van der Waals surface area contributed by atoms with Crippen molar-refractivity contribution in [2.45, 2.75) is 106 Å². The topological polar surface area (TPSA) is 0 Å². The highest BCUT2D eigenvalue weighted by atomic mass is 14.4. The fourth-order valence-electron chi connectivity index (χ4n) is 7.60. The van der Waals surface area contributed by atoms with Crippen molar-refractivity contribution in [3.63, 3.8) is 0 Å². The summed E-state index contributed by atoms with van der Waals surface area (Å²) in [6.45, 7) is 23.3. The Bertz CT molecular complexity index is 1360. The first kappa shape index (κ1) is 27.9. The molecular formula is C39H50. The summed E-state index contributed by atoms with van der Waals surface area (Å²) < 4.78 is 0. The molecule has 0 N–H and O–H groups in total. The Morgan fingerprint density at radius 1 is 0.923 bits per heavy atom. The SMILES string of the molecule is C=C1CC=CC(CC(C)Cc2c(C)c(C)cc(C)c2C)=C1C1=Cc2cc3c(cc2C1)CC(CCC(C)C)C3C. The van der Waals surface area contributed by atoms with Gasteiger partial charge >= 0.3 is 0 Å². The molecule has 0 bridgehead atoms. The molecule has 0 fully saturated rings. The second kappa shape index (κ2) is 11.1. The average molecular weight is 519 g/mol. The van der Waals surface area contributed by atoms with Crippen molar-refractivity contribution in [2.75, 3.05) is 0 Å². The summed E-state index contributed by atoms with van der Waals surface area (Å²) in [5.41, 5.74) is 19.3. The van der Waals surface area contributed by atoms with Crippen molar-refractivity contribution in [1.82, 2.24) is 0 Å². The van der Waals surface area contributed by atoms with Crippen molar-refractivity contribution < 1.29 is 0 Å². The molecule has 2 aromatic rings. The largest absolute Gasteiger partial charge is 0.0949 e. The van der Waals surface area contributed by atoms with Crippen LogP contribution >= 0.6 is 0 Å². The van der Waals surface area contributed by atoms with E-state index in [0.29, 0.717) is 11.8 Å². The first-order chi connectivity index (χ1) is 18.5. The number of hydrogen-bond acceptors (Lipinski definition) is 0. The Morgan fingerprint density at radius 3 is 2.33 bits per heavy atom. The van der Waals surface area contributed by atoms with Gasteiger partial charge < -0.3 is 0 Å². The molecule has 0 heterocycles. The number of benzene rings is 2. The van der Waals surface area contributed by atoms with E-state index in [9.17, 15) is 0 Å². The van der Waals surface area contributed by atoms with Gasteiger partial charge in [0, 0.05) is 0 Å². The van der Waals surface area contributed by atoms with Gasteiger partial charge in [-0.2, -0.15) is 0 Å². The lowest BCUT2D eigenvalue weighted by Gasteiger charge is -2.24. The fraction of sp³-hybridized carbons (Fsp3) is 0.487. The fourth-order valence-corrected chi connectivity index (χ4v) is 7.60. The highest BCUT2D eigenvalue weighted by molar-refractivity contribution is 5.74. The van der Waals surface area contributed by atoms with Crippen LogP contribution in [0.1, 0.15) is 109 Å². The van der Waals surface area contributed by atoms with E-state index in [-0.39, 0.29) is 0 Å². The molecule has 3 atom stereocenters.